The second-order valence-corrected chi connectivity index (χ2v) is 5.78. The first-order chi connectivity index (χ1) is 7.45. The zero-order valence-corrected chi connectivity index (χ0v) is 10.9. The summed E-state index contributed by atoms with van der Waals surface area (Å²) in [6.45, 7) is 6.11. The van der Waals surface area contributed by atoms with E-state index in [1.165, 1.54) is 4.88 Å². The van der Waals surface area contributed by atoms with Crippen LogP contribution in [0.5, 0.6) is 0 Å². The van der Waals surface area contributed by atoms with Crippen LogP contribution in [0.3, 0.4) is 0 Å². The van der Waals surface area contributed by atoms with Crippen molar-refractivity contribution >= 4 is 17.2 Å². The third-order valence-electron chi connectivity index (χ3n) is 2.59. The summed E-state index contributed by atoms with van der Waals surface area (Å²) < 4.78 is 0. The highest BCUT2D eigenvalue weighted by molar-refractivity contribution is 7.09. The van der Waals surface area contributed by atoms with Crippen molar-refractivity contribution in [2.75, 3.05) is 6.54 Å². The third-order valence-corrected chi connectivity index (χ3v) is 3.49. The zero-order valence-electron chi connectivity index (χ0n) is 10.1. The SMILES string of the molecule is CC(Cc1cccs1)NC(=O)C(C)(C)CN. The van der Waals surface area contributed by atoms with Crippen LogP contribution in [0, 0.1) is 5.41 Å². The van der Waals surface area contributed by atoms with Crippen molar-refractivity contribution in [3.05, 3.63) is 22.4 Å². The highest BCUT2D eigenvalue weighted by Crippen LogP contribution is 2.15. The molecule has 0 aromatic carbocycles. The summed E-state index contributed by atoms with van der Waals surface area (Å²) in [6, 6.07) is 4.26. The summed E-state index contributed by atoms with van der Waals surface area (Å²) in [5.74, 6) is 0.0269. The van der Waals surface area contributed by atoms with Crippen LogP contribution in [0.15, 0.2) is 17.5 Å². The number of thiophene rings is 1. The van der Waals surface area contributed by atoms with Gasteiger partial charge in [0.05, 0.1) is 5.41 Å². The second-order valence-electron chi connectivity index (χ2n) is 4.75. The lowest BCUT2D eigenvalue weighted by Gasteiger charge is -2.24. The van der Waals surface area contributed by atoms with E-state index in [9.17, 15) is 4.79 Å². The smallest absolute Gasteiger partial charge is 0.227 e. The molecule has 3 nitrogen and oxygen atoms in total. The van der Waals surface area contributed by atoms with E-state index in [0.717, 1.165) is 6.42 Å². The average Bonchev–Trinajstić information content (AvgIpc) is 2.70. The average molecular weight is 240 g/mol. The Balaban J connectivity index is 2.46. The number of nitrogens with two attached hydrogens (primary N) is 1. The molecule has 1 atom stereocenters. The molecule has 0 aliphatic carbocycles. The summed E-state index contributed by atoms with van der Waals surface area (Å²) in [4.78, 5) is 13.1. The molecule has 0 saturated heterocycles. The van der Waals surface area contributed by atoms with Crippen LogP contribution < -0.4 is 11.1 Å². The van der Waals surface area contributed by atoms with E-state index in [1.54, 1.807) is 11.3 Å². The Morgan fingerprint density at radius 2 is 2.31 bits per heavy atom. The van der Waals surface area contributed by atoms with Gasteiger partial charge in [-0.15, -0.1) is 11.3 Å². The molecule has 16 heavy (non-hydrogen) atoms. The van der Waals surface area contributed by atoms with Crippen LogP contribution >= 0.6 is 11.3 Å². The maximum absolute atomic E-state index is 11.8. The number of carbonyl (C=O) groups excluding carboxylic acids is 1. The normalized spacial score (nSPS) is 13.5. The van der Waals surface area contributed by atoms with E-state index in [-0.39, 0.29) is 11.9 Å². The summed E-state index contributed by atoms with van der Waals surface area (Å²) in [5.41, 5.74) is 5.08. The Morgan fingerprint density at radius 1 is 1.62 bits per heavy atom. The number of hydrogen-bond acceptors (Lipinski definition) is 3. The van der Waals surface area contributed by atoms with Gasteiger partial charge in [-0.1, -0.05) is 6.07 Å². The minimum atomic E-state index is -0.482. The second kappa shape index (κ2) is 5.46. The Hall–Kier alpha value is -0.870. The number of hydrogen-bond donors (Lipinski definition) is 2. The molecule has 0 radical (unpaired) electrons. The van der Waals surface area contributed by atoms with Crippen molar-refractivity contribution in [3.63, 3.8) is 0 Å². The van der Waals surface area contributed by atoms with Gasteiger partial charge in [0.15, 0.2) is 0 Å². The Bertz CT molecular complexity index is 333. The Labute approximate surface area is 101 Å². The fraction of sp³-hybridized carbons (Fsp3) is 0.583. The van der Waals surface area contributed by atoms with Gasteiger partial charge >= 0.3 is 0 Å². The van der Waals surface area contributed by atoms with Gasteiger partial charge in [-0.3, -0.25) is 4.79 Å². The minimum Gasteiger partial charge on any atom is -0.353 e. The molecular formula is C12H20N2OS. The third kappa shape index (κ3) is 3.61. The van der Waals surface area contributed by atoms with Crippen LogP contribution in [0.4, 0.5) is 0 Å². The molecule has 0 bridgehead atoms. The molecule has 1 rings (SSSR count). The maximum Gasteiger partial charge on any atom is 0.227 e. The Morgan fingerprint density at radius 3 is 2.81 bits per heavy atom. The molecule has 0 aliphatic heterocycles. The molecule has 1 unspecified atom stereocenters. The first-order valence-electron chi connectivity index (χ1n) is 5.49. The topological polar surface area (TPSA) is 55.1 Å². The van der Waals surface area contributed by atoms with Gasteiger partial charge in [0, 0.05) is 23.9 Å². The van der Waals surface area contributed by atoms with Gasteiger partial charge < -0.3 is 11.1 Å². The van der Waals surface area contributed by atoms with Gasteiger partial charge in [-0.05, 0) is 32.2 Å². The molecule has 0 fully saturated rings. The van der Waals surface area contributed by atoms with Crippen molar-refractivity contribution in [2.24, 2.45) is 11.1 Å². The molecule has 4 heteroatoms. The summed E-state index contributed by atoms with van der Waals surface area (Å²) in [6.07, 6.45) is 0.879. The highest BCUT2D eigenvalue weighted by Gasteiger charge is 2.26. The summed E-state index contributed by atoms with van der Waals surface area (Å²) >= 11 is 1.72. The Kier molecular flexibility index (Phi) is 4.50. The van der Waals surface area contributed by atoms with Crippen LogP contribution in [0.2, 0.25) is 0 Å². The predicted octanol–water partition coefficient (Wildman–Crippen LogP) is 1.78. The van der Waals surface area contributed by atoms with E-state index < -0.39 is 5.41 Å². The zero-order chi connectivity index (χ0) is 12.2. The van der Waals surface area contributed by atoms with E-state index in [0.29, 0.717) is 6.54 Å². The number of carbonyl (C=O) groups is 1. The van der Waals surface area contributed by atoms with Crippen molar-refractivity contribution < 1.29 is 4.79 Å². The lowest BCUT2D eigenvalue weighted by molar-refractivity contribution is -0.129. The van der Waals surface area contributed by atoms with Gasteiger partial charge in [0.2, 0.25) is 5.91 Å². The van der Waals surface area contributed by atoms with Crippen LogP contribution in [-0.2, 0) is 11.2 Å². The van der Waals surface area contributed by atoms with Crippen molar-refractivity contribution in [3.8, 4) is 0 Å². The van der Waals surface area contributed by atoms with Gasteiger partial charge in [-0.25, -0.2) is 0 Å². The summed E-state index contributed by atoms with van der Waals surface area (Å²) in [7, 11) is 0. The number of rotatable bonds is 5. The van der Waals surface area contributed by atoms with Crippen LogP contribution in [0.25, 0.3) is 0 Å². The molecule has 0 spiro atoms. The quantitative estimate of drug-likeness (QED) is 0.824. The molecule has 0 saturated carbocycles. The fourth-order valence-electron chi connectivity index (χ4n) is 1.29. The molecule has 1 heterocycles. The molecule has 90 valence electrons. The molecule has 0 aliphatic rings. The van der Waals surface area contributed by atoms with E-state index in [4.69, 9.17) is 5.73 Å². The van der Waals surface area contributed by atoms with Crippen molar-refractivity contribution in [1.82, 2.24) is 5.32 Å². The van der Waals surface area contributed by atoms with E-state index >= 15 is 0 Å². The number of nitrogens with one attached hydrogen (secondary N) is 1. The molecule has 3 N–H and O–H groups in total. The molecule has 1 amide bonds. The lowest BCUT2D eigenvalue weighted by atomic mass is 9.92. The van der Waals surface area contributed by atoms with Gasteiger partial charge in [0.25, 0.3) is 0 Å². The number of amides is 1. The van der Waals surface area contributed by atoms with Gasteiger partial charge in [0.1, 0.15) is 0 Å². The summed E-state index contributed by atoms with van der Waals surface area (Å²) in [5, 5.41) is 5.05. The largest absolute Gasteiger partial charge is 0.353 e. The van der Waals surface area contributed by atoms with Crippen LogP contribution in [0.1, 0.15) is 25.6 Å². The standard InChI is InChI=1S/C12H20N2OS/c1-9(7-10-5-4-6-16-10)14-11(15)12(2,3)8-13/h4-6,9H,7-8,13H2,1-3H3,(H,14,15). The first kappa shape index (κ1) is 13.2. The maximum atomic E-state index is 11.8. The minimum absolute atomic E-state index is 0.0269. The first-order valence-corrected chi connectivity index (χ1v) is 6.37. The predicted molar refractivity (Wildman–Crippen MR) is 68.5 cm³/mol. The fourth-order valence-corrected chi connectivity index (χ4v) is 2.13. The monoisotopic (exact) mass is 240 g/mol. The van der Waals surface area contributed by atoms with E-state index in [2.05, 4.69) is 11.4 Å². The molecule has 1 aromatic heterocycles. The molecule has 1 aromatic rings. The lowest BCUT2D eigenvalue weighted by Crippen LogP contribution is -2.45. The van der Waals surface area contributed by atoms with Gasteiger partial charge in [-0.2, -0.15) is 0 Å². The highest BCUT2D eigenvalue weighted by atomic mass is 32.1. The molecular weight excluding hydrogens is 220 g/mol. The van der Waals surface area contributed by atoms with Crippen molar-refractivity contribution in [1.29, 1.82) is 0 Å². The van der Waals surface area contributed by atoms with Crippen molar-refractivity contribution in [2.45, 2.75) is 33.2 Å². The van der Waals surface area contributed by atoms with Crippen LogP contribution in [-0.4, -0.2) is 18.5 Å². The van der Waals surface area contributed by atoms with E-state index in [1.807, 2.05) is 32.2 Å².